The van der Waals surface area contributed by atoms with Crippen LogP contribution in [0.1, 0.15) is 181 Å². The molecule has 5 N–H and O–H groups in total. The molecule has 0 radical (unpaired) electrons. The highest BCUT2D eigenvalue weighted by Crippen LogP contribution is 2.46. The summed E-state index contributed by atoms with van der Waals surface area (Å²) in [4.78, 5) is 167. The molecule has 528 valence electrons. The van der Waals surface area contributed by atoms with Crippen molar-refractivity contribution in [3.05, 3.63) is 0 Å². The Balaban J connectivity index is 2.55. The number of rotatable bonds is 40. The lowest BCUT2D eigenvalue weighted by atomic mass is 9.94. The van der Waals surface area contributed by atoms with E-state index in [1.165, 1.54) is 73.6 Å². The molecule has 11 atom stereocenters. The molecule has 2 rings (SSSR count). The van der Waals surface area contributed by atoms with Crippen molar-refractivity contribution in [2.75, 3.05) is 75.6 Å². The Morgan fingerprint density at radius 3 is 1.76 bits per heavy atom. The van der Waals surface area contributed by atoms with Crippen LogP contribution < -0.4 is 16.4 Å². The van der Waals surface area contributed by atoms with Gasteiger partial charge in [-0.25, -0.2) is 0 Å². The maximum atomic E-state index is 15.1. The van der Waals surface area contributed by atoms with Crippen molar-refractivity contribution in [3.63, 3.8) is 0 Å². The van der Waals surface area contributed by atoms with E-state index in [1.807, 2.05) is 76.2 Å². The Bertz CT molecular complexity index is 2490. The number of carbonyl (C=O) groups excluding carboxylic acids is 11. The summed E-state index contributed by atoms with van der Waals surface area (Å²) in [6.45, 7) is 29.9. The molecule has 0 spiro atoms. The summed E-state index contributed by atoms with van der Waals surface area (Å²) in [6.07, 6.45) is 2.21. The van der Waals surface area contributed by atoms with Crippen LogP contribution >= 0.6 is 0 Å². The van der Waals surface area contributed by atoms with Gasteiger partial charge in [0.25, 0.3) is 11.8 Å². The number of ether oxygens (including phenoxy) is 2. The van der Waals surface area contributed by atoms with Gasteiger partial charge in [-0.2, -0.15) is 0 Å². The van der Waals surface area contributed by atoms with Crippen molar-refractivity contribution in [1.82, 2.24) is 49.8 Å². The molecule has 2 aliphatic rings. The standard InChI is InChI=1S/C67H121N11O14/c1-24-25-50(59(85)70-65(16,39-79)92-57(46(12)13)63(89)77(23)66(68,40-80)36-43(6)7)73(19)60(86)52(34-42(4)5)78-64(90)67(78,37-44(8)9)76(22)54(83)38-72(18)61(87)55(48(15)81)69-58(84)51(35-47(14)28-31-71(17)49-29-32-91-33-30-49)74(20)62(88)56(45(10)11)75(21)53(82)27-26-41(2)3/h39-52,55-57,81H,24-38,68H2,1-23H3,(H,69,84)(H,70,85). The number of amides is 9. The quantitative estimate of drug-likeness (QED) is 0.0381. The van der Waals surface area contributed by atoms with Gasteiger partial charge < -0.3 is 65.2 Å². The second kappa shape index (κ2) is 36.3. The Labute approximate surface area is 550 Å². The third-order valence-electron chi connectivity index (χ3n) is 18.2. The van der Waals surface area contributed by atoms with Gasteiger partial charge in [0.2, 0.25) is 41.4 Å². The number of aliphatic hydroxyl groups excluding tert-OH is 1. The van der Waals surface area contributed by atoms with Crippen molar-refractivity contribution >= 4 is 65.7 Å². The van der Waals surface area contributed by atoms with Gasteiger partial charge in [0.1, 0.15) is 42.0 Å². The first-order valence-electron chi connectivity index (χ1n) is 33.5. The van der Waals surface area contributed by atoms with Crippen molar-refractivity contribution in [2.24, 2.45) is 47.2 Å². The second-order valence-electron chi connectivity index (χ2n) is 29.0. The molecule has 0 aromatic heterocycles. The van der Waals surface area contributed by atoms with Crippen molar-refractivity contribution < 1.29 is 67.3 Å². The number of aliphatic hydroxyl groups is 1. The minimum atomic E-state index is -2.13. The minimum Gasteiger partial charge on any atom is -0.391 e. The van der Waals surface area contributed by atoms with Gasteiger partial charge in [-0.3, -0.25) is 57.6 Å². The molecule has 9 amide bonds. The molecule has 2 saturated heterocycles. The van der Waals surface area contributed by atoms with Crippen LogP contribution in [0.3, 0.4) is 0 Å². The van der Waals surface area contributed by atoms with E-state index in [0.29, 0.717) is 57.6 Å². The van der Waals surface area contributed by atoms with Crippen molar-refractivity contribution in [1.29, 1.82) is 0 Å². The van der Waals surface area contributed by atoms with E-state index in [2.05, 4.69) is 22.6 Å². The first kappa shape index (κ1) is 82.5. The molecule has 0 aromatic carbocycles. The predicted molar refractivity (Wildman–Crippen MR) is 352 cm³/mol. The van der Waals surface area contributed by atoms with Gasteiger partial charge in [-0.05, 0) is 120 Å². The zero-order valence-corrected chi connectivity index (χ0v) is 60.3. The third kappa shape index (κ3) is 22.0. The molecule has 25 nitrogen and oxygen atoms in total. The molecule has 2 aliphatic heterocycles. The van der Waals surface area contributed by atoms with Crippen LogP contribution in [0.25, 0.3) is 0 Å². The monoisotopic (exact) mass is 1300 g/mol. The molecule has 0 bridgehead atoms. The predicted octanol–water partition coefficient (Wildman–Crippen LogP) is 4.10. The minimum absolute atomic E-state index is 0.0650. The highest BCUT2D eigenvalue weighted by Gasteiger charge is 2.70. The lowest BCUT2D eigenvalue weighted by Gasteiger charge is -2.40. The van der Waals surface area contributed by atoms with E-state index in [0.717, 1.165) is 22.6 Å². The number of nitrogens with one attached hydrogen (secondary N) is 2. The van der Waals surface area contributed by atoms with Crippen LogP contribution in [0.2, 0.25) is 0 Å². The topological polar surface area (TPSA) is 302 Å². The highest BCUT2D eigenvalue weighted by atomic mass is 16.5. The Morgan fingerprint density at radius 2 is 1.28 bits per heavy atom. The van der Waals surface area contributed by atoms with Gasteiger partial charge >= 0.3 is 0 Å². The van der Waals surface area contributed by atoms with E-state index >= 15 is 4.79 Å². The first-order valence-corrected chi connectivity index (χ1v) is 33.5. The second-order valence-corrected chi connectivity index (χ2v) is 29.0. The fraction of sp³-hybridized carbons (Fsp3) is 0.836. The number of nitrogens with zero attached hydrogens (tertiary/aromatic N) is 8. The molecule has 2 heterocycles. The molecular formula is C67H121N11O14. The number of hydrogen-bond donors (Lipinski definition) is 4. The van der Waals surface area contributed by atoms with Gasteiger partial charge in [-0.15, -0.1) is 0 Å². The lowest BCUT2D eigenvalue weighted by Crippen LogP contribution is -2.64. The Morgan fingerprint density at radius 1 is 0.707 bits per heavy atom. The number of likely N-dealkylation sites (N-methyl/N-ethyl adjacent to an activating group) is 6. The van der Waals surface area contributed by atoms with E-state index in [4.69, 9.17) is 15.2 Å². The summed E-state index contributed by atoms with van der Waals surface area (Å²) in [7, 11) is 10.7. The molecular weight excluding hydrogens is 1180 g/mol. The van der Waals surface area contributed by atoms with Gasteiger partial charge in [0, 0.05) is 74.4 Å². The molecule has 25 heteroatoms. The lowest BCUT2D eigenvalue weighted by molar-refractivity contribution is -0.175. The Kier molecular flexibility index (Phi) is 32.5. The first-order chi connectivity index (χ1) is 42.6. The summed E-state index contributed by atoms with van der Waals surface area (Å²) in [6, 6.07) is -5.82. The summed E-state index contributed by atoms with van der Waals surface area (Å²) < 4.78 is 11.7. The number of nitrogens with two attached hydrogens (primary N) is 1. The number of hydrogen-bond acceptors (Lipinski definition) is 16. The molecule has 92 heavy (non-hydrogen) atoms. The summed E-state index contributed by atoms with van der Waals surface area (Å²) >= 11 is 0. The smallest absolute Gasteiger partial charge is 0.272 e. The zero-order chi connectivity index (χ0) is 70.8. The average molecular weight is 1300 g/mol. The molecule has 0 aliphatic carbocycles. The fourth-order valence-electron chi connectivity index (χ4n) is 12.4. The molecule has 0 aromatic rings. The fourth-order valence-corrected chi connectivity index (χ4v) is 12.4. The summed E-state index contributed by atoms with van der Waals surface area (Å²) in [5, 5.41) is 16.6. The molecule has 0 saturated carbocycles. The maximum absolute atomic E-state index is 15.1. The van der Waals surface area contributed by atoms with Crippen LogP contribution in [-0.2, 0) is 62.2 Å². The van der Waals surface area contributed by atoms with Crippen molar-refractivity contribution in [3.8, 4) is 0 Å². The van der Waals surface area contributed by atoms with Crippen LogP contribution in [0.4, 0.5) is 0 Å². The summed E-state index contributed by atoms with van der Waals surface area (Å²) in [5.41, 5.74) is 0.900. The van der Waals surface area contributed by atoms with Crippen molar-refractivity contribution in [2.45, 2.75) is 247 Å². The number of aldehydes is 2. The van der Waals surface area contributed by atoms with Crippen LogP contribution in [0, 0.1) is 41.4 Å². The van der Waals surface area contributed by atoms with Gasteiger partial charge in [0.05, 0.1) is 12.6 Å². The van der Waals surface area contributed by atoms with E-state index in [1.54, 1.807) is 27.8 Å². The van der Waals surface area contributed by atoms with Gasteiger partial charge in [0.15, 0.2) is 24.0 Å². The van der Waals surface area contributed by atoms with Crippen LogP contribution in [0.5, 0.6) is 0 Å². The zero-order valence-electron chi connectivity index (χ0n) is 60.3. The number of carbonyl (C=O) groups is 11. The van der Waals surface area contributed by atoms with Crippen LogP contribution in [0.15, 0.2) is 0 Å². The maximum Gasteiger partial charge on any atom is 0.272 e. The Hall–Kier alpha value is -5.63. The van der Waals surface area contributed by atoms with Gasteiger partial charge in [-0.1, -0.05) is 103 Å². The van der Waals surface area contributed by atoms with E-state index in [9.17, 15) is 53.1 Å². The third-order valence-corrected chi connectivity index (χ3v) is 18.2. The normalized spacial score (nSPS) is 19.3. The SMILES string of the molecule is CCCC(C(=O)NC(C)(C=O)OC(C(=O)N(C)C(N)(C=O)CC(C)C)C(C)C)N(C)C(=O)C(CC(C)C)N1C(=O)C1(CC(C)C)N(C)C(=O)CN(C)C(=O)C(NC(=O)C(CC(C)CCN(C)C1CCOCC1)N(C)C(=O)C(C(C)C)N(C)C(=O)CCC(C)C)C(C)O. The van der Waals surface area contributed by atoms with E-state index in [-0.39, 0.29) is 79.9 Å². The molecule has 11 unspecified atom stereocenters. The highest BCUT2D eigenvalue weighted by molar-refractivity contribution is 6.08. The summed E-state index contributed by atoms with van der Waals surface area (Å²) in [5.74, 6) is -6.94. The van der Waals surface area contributed by atoms with E-state index < -0.39 is 119 Å². The average Bonchev–Trinajstić information content (AvgIpc) is 1.53. The largest absolute Gasteiger partial charge is 0.391 e. The molecule has 2 fully saturated rings. The van der Waals surface area contributed by atoms with Crippen LogP contribution in [-0.4, -0.2) is 251 Å².